The molecule has 100 valence electrons. The van der Waals surface area contributed by atoms with Crippen LogP contribution in [0.2, 0.25) is 0 Å². The zero-order valence-corrected chi connectivity index (χ0v) is 10.8. The van der Waals surface area contributed by atoms with E-state index in [2.05, 4.69) is 14.5 Å². The molecule has 19 heavy (non-hydrogen) atoms. The second kappa shape index (κ2) is 4.53. The smallest absolute Gasteiger partial charge is 0.276 e. The molecule has 1 aliphatic heterocycles. The Labute approximate surface area is 110 Å². The molecule has 0 spiro atoms. The van der Waals surface area contributed by atoms with Crippen LogP contribution in [0, 0.1) is 0 Å². The molecule has 1 aliphatic rings. The predicted octanol–water partition coefficient (Wildman–Crippen LogP) is 0.908. The fourth-order valence-electron chi connectivity index (χ4n) is 2.73. The first-order chi connectivity index (χ1) is 9.16. The Hall–Kier alpha value is -2.11. The fourth-order valence-corrected chi connectivity index (χ4v) is 2.73. The van der Waals surface area contributed by atoms with Gasteiger partial charge in [0.25, 0.3) is 5.56 Å². The fraction of sp³-hybridized carbons (Fsp3) is 0.462. The number of nitrogens with zero attached hydrogens (tertiary/aromatic N) is 3. The van der Waals surface area contributed by atoms with Crippen molar-refractivity contribution in [3.8, 4) is 0 Å². The van der Waals surface area contributed by atoms with Crippen molar-refractivity contribution in [3.63, 3.8) is 0 Å². The third-order valence-corrected chi connectivity index (χ3v) is 3.81. The highest BCUT2D eigenvalue weighted by atomic mass is 16.2. The maximum Gasteiger partial charge on any atom is 0.276 e. The molecule has 2 aromatic rings. The maximum absolute atomic E-state index is 11.6. The van der Waals surface area contributed by atoms with E-state index in [0.29, 0.717) is 11.6 Å². The van der Waals surface area contributed by atoms with Crippen LogP contribution in [0.3, 0.4) is 0 Å². The second-order valence-corrected chi connectivity index (χ2v) is 4.93. The van der Waals surface area contributed by atoms with Crippen molar-refractivity contribution in [2.45, 2.75) is 25.8 Å². The van der Waals surface area contributed by atoms with Gasteiger partial charge in [-0.25, -0.2) is 4.98 Å². The number of rotatable bonds is 1. The number of imidazole rings is 1. The lowest BCUT2D eigenvalue weighted by Crippen LogP contribution is -2.37. The van der Waals surface area contributed by atoms with Crippen LogP contribution in [0.4, 0.5) is 0 Å². The van der Waals surface area contributed by atoms with Gasteiger partial charge in [0.1, 0.15) is 0 Å². The zero-order valence-electron chi connectivity index (χ0n) is 10.8. The molecular formula is C13H16N4O2. The summed E-state index contributed by atoms with van der Waals surface area (Å²) in [5, 5.41) is 0. The average molecular weight is 260 g/mol. The van der Waals surface area contributed by atoms with E-state index in [1.54, 1.807) is 19.4 Å². The quantitative estimate of drug-likeness (QED) is 0.828. The number of fused-ring (bicyclic) bond motifs is 1. The molecule has 0 saturated carbocycles. The maximum atomic E-state index is 11.6. The summed E-state index contributed by atoms with van der Waals surface area (Å²) in [5.74, 6) is 0.130. The van der Waals surface area contributed by atoms with Crippen LogP contribution in [-0.4, -0.2) is 38.4 Å². The van der Waals surface area contributed by atoms with Crippen molar-refractivity contribution >= 4 is 16.9 Å². The molecule has 6 nitrogen and oxygen atoms in total. The van der Waals surface area contributed by atoms with Gasteiger partial charge in [-0.05, 0) is 18.9 Å². The molecule has 0 radical (unpaired) electrons. The molecule has 0 aliphatic carbocycles. The van der Waals surface area contributed by atoms with Gasteiger partial charge in [-0.15, -0.1) is 0 Å². The average Bonchev–Trinajstić information content (AvgIpc) is 2.84. The second-order valence-electron chi connectivity index (χ2n) is 4.93. The number of pyridine rings is 1. The van der Waals surface area contributed by atoms with Crippen molar-refractivity contribution < 1.29 is 4.79 Å². The number of amides is 1. The largest absolute Gasteiger partial charge is 0.343 e. The summed E-state index contributed by atoms with van der Waals surface area (Å²) < 4.78 is 2.06. The molecule has 1 N–H and O–H groups in total. The normalized spacial score (nSPS) is 17.0. The van der Waals surface area contributed by atoms with E-state index in [0.717, 1.165) is 31.4 Å². The Balaban J connectivity index is 1.88. The Morgan fingerprint density at radius 3 is 2.84 bits per heavy atom. The summed E-state index contributed by atoms with van der Waals surface area (Å²) in [6.07, 6.45) is 5.18. The zero-order chi connectivity index (χ0) is 13.4. The Kier molecular flexibility index (Phi) is 2.85. The van der Waals surface area contributed by atoms with Crippen molar-refractivity contribution in [2.24, 2.45) is 0 Å². The highest BCUT2D eigenvalue weighted by Crippen LogP contribution is 2.25. The first-order valence-corrected chi connectivity index (χ1v) is 6.46. The third kappa shape index (κ3) is 2.03. The van der Waals surface area contributed by atoms with Gasteiger partial charge in [0.2, 0.25) is 5.91 Å². The molecule has 3 heterocycles. The Morgan fingerprint density at radius 1 is 1.42 bits per heavy atom. The lowest BCUT2D eigenvalue weighted by molar-refractivity contribution is -0.130. The third-order valence-electron chi connectivity index (χ3n) is 3.81. The van der Waals surface area contributed by atoms with Crippen LogP contribution in [0.15, 0.2) is 23.4 Å². The molecule has 6 heteroatoms. The number of likely N-dealkylation sites (tertiary alicyclic amines) is 1. The van der Waals surface area contributed by atoms with Crippen LogP contribution in [-0.2, 0) is 4.79 Å². The van der Waals surface area contributed by atoms with Crippen molar-refractivity contribution in [1.29, 1.82) is 0 Å². The SMILES string of the molecule is CC(=O)N1CCC(n2cnc3c(=O)[nH]ccc32)CC1. The topological polar surface area (TPSA) is 71.0 Å². The summed E-state index contributed by atoms with van der Waals surface area (Å²) >= 11 is 0. The summed E-state index contributed by atoms with van der Waals surface area (Å²) in [6, 6.07) is 2.18. The van der Waals surface area contributed by atoms with Gasteiger partial charge in [0, 0.05) is 32.3 Å². The Bertz CT molecular complexity index is 665. The molecular weight excluding hydrogens is 244 g/mol. The lowest BCUT2D eigenvalue weighted by Gasteiger charge is -2.32. The Morgan fingerprint density at radius 2 is 2.16 bits per heavy atom. The van der Waals surface area contributed by atoms with Crippen LogP contribution in [0.25, 0.3) is 11.0 Å². The van der Waals surface area contributed by atoms with E-state index in [9.17, 15) is 9.59 Å². The van der Waals surface area contributed by atoms with Crippen LogP contribution >= 0.6 is 0 Å². The molecule has 0 atom stereocenters. The number of carbonyl (C=O) groups is 1. The van der Waals surface area contributed by atoms with Gasteiger partial charge in [-0.1, -0.05) is 0 Å². The van der Waals surface area contributed by atoms with E-state index in [-0.39, 0.29) is 11.5 Å². The van der Waals surface area contributed by atoms with Crippen LogP contribution in [0.1, 0.15) is 25.8 Å². The molecule has 0 bridgehead atoms. The summed E-state index contributed by atoms with van der Waals surface area (Å²) in [5.41, 5.74) is 1.19. The minimum atomic E-state index is -0.155. The van der Waals surface area contributed by atoms with E-state index in [1.165, 1.54) is 0 Å². The number of aromatic amines is 1. The van der Waals surface area contributed by atoms with Gasteiger partial charge >= 0.3 is 0 Å². The molecule has 2 aromatic heterocycles. The highest BCUT2D eigenvalue weighted by Gasteiger charge is 2.23. The summed E-state index contributed by atoms with van der Waals surface area (Å²) in [7, 11) is 0. The molecule has 0 unspecified atom stereocenters. The van der Waals surface area contributed by atoms with Crippen LogP contribution in [0.5, 0.6) is 0 Å². The van der Waals surface area contributed by atoms with Gasteiger partial charge in [-0.3, -0.25) is 9.59 Å². The molecule has 3 rings (SSSR count). The number of piperidine rings is 1. The molecule has 1 saturated heterocycles. The van der Waals surface area contributed by atoms with E-state index in [1.807, 2.05) is 11.0 Å². The summed E-state index contributed by atoms with van der Waals surface area (Å²) in [6.45, 7) is 3.14. The molecule has 1 amide bonds. The van der Waals surface area contributed by atoms with Gasteiger partial charge in [0.05, 0.1) is 11.8 Å². The van der Waals surface area contributed by atoms with E-state index < -0.39 is 0 Å². The van der Waals surface area contributed by atoms with Gasteiger partial charge < -0.3 is 14.5 Å². The number of carbonyl (C=O) groups excluding carboxylic acids is 1. The predicted molar refractivity (Wildman–Crippen MR) is 70.9 cm³/mol. The van der Waals surface area contributed by atoms with E-state index >= 15 is 0 Å². The molecule has 0 aromatic carbocycles. The van der Waals surface area contributed by atoms with E-state index in [4.69, 9.17) is 0 Å². The van der Waals surface area contributed by atoms with Gasteiger partial charge in [0.15, 0.2) is 5.52 Å². The standard InChI is InChI=1S/C13H16N4O2/c1-9(18)16-6-3-10(4-7-16)17-8-15-12-11(17)2-5-14-13(12)19/h2,5,8,10H,3-4,6-7H2,1H3,(H,14,19). The van der Waals surface area contributed by atoms with Crippen LogP contribution < -0.4 is 5.56 Å². The number of aromatic nitrogens is 3. The minimum Gasteiger partial charge on any atom is -0.343 e. The number of hydrogen-bond acceptors (Lipinski definition) is 3. The monoisotopic (exact) mass is 260 g/mol. The summed E-state index contributed by atoms with van der Waals surface area (Å²) in [4.78, 5) is 31.6. The number of hydrogen-bond donors (Lipinski definition) is 1. The van der Waals surface area contributed by atoms with Crippen molar-refractivity contribution in [1.82, 2.24) is 19.4 Å². The minimum absolute atomic E-state index is 0.130. The highest BCUT2D eigenvalue weighted by molar-refractivity contribution is 5.74. The number of H-pyrrole nitrogens is 1. The molecule has 1 fully saturated rings. The lowest BCUT2D eigenvalue weighted by atomic mass is 10.0. The van der Waals surface area contributed by atoms with Gasteiger partial charge in [-0.2, -0.15) is 0 Å². The van der Waals surface area contributed by atoms with Crippen molar-refractivity contribution in [3.05, 3.63) is 28.9 Å². The number of nitrogens with one attached hydrogen (secondary N) is 1. The first kappa shape index (κ1) is 12.0. The van der Waals surface area contributed by atoms with Crippen molar-refractivity contribution in [2.75, 3.05) is 13.1 Å². The first-order valence-electron chi connectivity index (χ1n) is 6.46.